The Balaban J connectivity index is 1.84. The molecule has 0 aliphatic heterocycles. The minimum absolute atomic E-state index is 0.00147. The van der Waals surface area contributed by atoms with E-state index in [-0.39, 0.29) is 29.9 Å². The fourth-order valence-electron chi connectivity index (χ4n) is 2.96. The SMILES string of the molecule is CCOc1ccc2nc(COC(=O)Cc3ccc(OC)cc3)c(C(=O)OC)[n+]([O-])c2c1. The molecule has 0 radical (unpaired) electrons. The molecule has 0 aliphatic rings. The first-order chi connectivity index (χ1) is 15.0. The topological polar surface area (TPSA) is 111 Å². The van der Waals surface area contributed by atoms with E-state index in [0.29, 0.717) is 28.4 Å². The van der Waals surface area contributed by atoms with Crippen LogP contribution >= 0.6 is 0 Å². The number of hydrogen-bond donors (Lipinski definition) is 0. The highest BCUT2D eigenvalue weighted by molar-refractivity contribution is 5.88. The Morgan fingerprint density at radius 3 is 2.42 bits per heavy atom. The Hall–Kier alpha value is -3.88. The molecule has 0 saturated heterocycles. The molecule has 0 N–H and O–H groups in total. The summed E-state index contributed by atoms with van der Waals surface area (Å²) >= 11 is 0. The summed E-state index contributed by atoms with van der Waals surface area (Å²) in [5, 5.41) is 12.9. The highest BCUT2D eigenvalue weighted by Gasteiger charge is 2.28. The van der Waals surface area contributed by atoms with Gasteiger partial charge in [-0.2, -0.15) is 4.73 Å². The molecular weight excluding hydrogens is 404 g/mol. The van der Waals surface area contributed by atoms with Gasteiger partial charge in [0.1, 0.15) is 23.6 Å². The van der Waals surface area contributed by atoms with Crippen molar-refractivity contribution in [1.82, 2.24) is 4.98 Å². The molecule has 0 saturated carbocycles. The number of esters is 2. The average molecular weight is 426 g/mol. The van der Waals surface area contributed by atoms with Gasteiger partial charge in [0.25, 0.3) is 0 Å². The molecule has 0 atom stereocenters. The van der Waals surface area contributed by atoms with E-state index < -0.39 is 11.9 Å². The number of aromatic nitrogens is 2. The molecule has 162 valence electrons. The predicted molar refractivity (Wildman–Crippen MR) is 110 cm³/mol. The molecule has 0 amide bonds. The van der Waals surface area contributed by atoms with Crippen LogP contribution in [0.25, 0.3) is 11.0 Å². The third-order valence-electron chi connectivity index (χ3n) is 4.46. The maximum absolute atomic E-state index is 12.9. The summed E-state index contributed by atoms with van der Waals surface area (Å²) < 4.78 is 20.9. The van der Waals surface area contributed by atoms with Gasteiger partial charge in [-0.3, -0.25) is 4.79 Å². The minimum atomic E-state index is -0.882. The quantitative estimate of drug-likeness (QED) is 0.307. The molecule has 31 heavy (non-hydrogen) atoms. The van der Waals surface area contributed by atoms with Gasteiger partial charge < -0.3 is 24.2 Å². The molecule has 2 aromatic carbocycles. The van der Waals surface area contributed by atoms with Crippen molar-refractivity contribution in [3.8, 4) is 11.5 Å². The van der Waals surface area contributed by atoms with Gasteiger partial charge in [0, 0.05) is 0 Å². The van der Waals surface area contributed by atoms with E-state index in [4.69, 9.17) is 18.9 Å². The number of nitrogens with zero attached hydrogens (tertiary/aromatic N) is 2. The highest BCUT2D eigenvalue weighted by Crippen LogP contribution is 2.20. The predicted octanol–water partition coefficient (Wildman–Crippen LogP) is 2.35. The monoisotopic (exact) mass is 426 g/mol. The first kappa shape index (κ1) is 21.8. The molecule has 0 aliphatic carbocycles. The van der Waals surface area contributed by atoms with Gasteiger partial charge >= 0.3 is 17.6 Å². The van der Waals surface area contributed by atoms with Crippen LogP contribution in [0, 0.1) is 5.21 Å². The van der Waals surface area contributed by atoms with E-state index in [1.165, 1.54) is 6.07 Å². The molecule has 9 nitrogen and oxygen atoms in total. The lowest BCUT2D eigenvalue weighted by Crippen LogP contribution is -2.38. The molecule has 0 bridgehead atoms. The molecule has 3 aromatic rings. The zero-order valence-corrected chi connectivity index (χ0v) is 17.4. The van der Waals surface area contributed by atoms with Crippen LogP contribution in [0.2, 0.25) is 0 Å². The molecule has 1 aromatic heterocycles. The Bertz CT molecular complexity index is 1100. The molecule has 0 unspecified atom stereocenters. The van der Waals surface area contributed by atoms with Crippen molar-refractivity contribution in [2.75, 3.05) is 20.8 Å². The Morgan fingerprint density at radius 2 is 1.77 bits per heavy atom. The van der Waals surface area contributed by atoms with Crippen LogP contribution in [-0.2, 0) is 27.3 Å². The van der Waals surface area contributed by atoms with Crippen LogP contribution in [0.15, 0.2) is 42.5 Å². The lowest BCUT2D eigenvalue weighted by molar-refractivity contribution is -0.581. The van der Waals surface area contributed by atoms with E-state index in [1.54, 1.807) is 43.5 Å². The average Bonchev–Trinajstić information content (AvgIpc) is 2.78. The van der Waals surface area contributed by atoms with Crippen molar-refractivity contribution in [3.63, 3.8) is 0 Å². The van der Waals surface area contributed by atoms with Crippen molar-refractivity contribution < 1.29 is 33.3 Å². The van der Waals surface area contributed by atoms with E-state index in [2.05, 4.69) is 4.98 Å². The first-order valence-electron chi connectivity index (χ1n) is 9.52. The summed E-state index contributed by atoms with van der Waals surface area (Å²) in [5.74, 6) is -0.275. The molecule has 0 fully saturated rings. The van der Waals surface area contributed by atoms with Gasteiger partial charge in [0.15, 0.2) is 5.69 Å². The van der Waals surface area contributed by atoms with Gasteiger partial charge in [-0.25, -0.2) is 9.78 Å². The normalized spacial score (nSPS) is 10.5. The van der Waals surface area contributed by atoms with Crippen LogP contribution in [-0.4, -0.2) is 37.7 Å². The maximum atomic E-state index is 12.9. The Labute approximate surface area is 178 Å². The summed E-state index contributed by atoms with van der Waals surface area (Å²) in [6, 6.07) is 11.7. The third-order valence-corrected chi connectivity index (χ3v) is 4.46. The summed E-state index contributed by atoms with van der Waals surface area (Å²) in [5.41, 5.74) is 0.849. The standard InChI is InChI=1S/C22H22N2O7/c1-4-30-16-9-10-17-19(12-16)24(27)21(22(26)29-3)18(23-17)13-31-20(25)11-14-5-7-15(28-2)8-6-14/h5-10,12H,4,11,13H2,1-3H3. The van der Waals surface area contributed by atoms with Crippen LogP contribution in [0.5, 0.6) is 11.5 Å². The second-order valence-corrected chi connectivity index (χ2v) is 6.46. The van der Waals surface area contributed by atoms with Crippen molar-refractivity contribution >= 4 is 23.0 Å². The van der Waals surface area contributed by atoms with E-state index >= 15 is 0 Å². The van der Waals surface area contributed by atoms with E-state index in [1.807, 2.05) is 6.92 Å². The van der Waals surface area contributed by atoms with Crippen molar-refractivity contribution in [2.24, 2.45) is 0 Å². The van der Waals surface area contributed by atoms with Gasteiger partial charge in [0.05, 0.1) is 33.3 Å². The summed E-state index contributed by atoms with van der Waals surface area (Å²) in [6.45, 7) is 1.88. The van der Waals surface area contributed by atoms with Crippen LogP contribution < -0.4 is 14.2 Å². The van der Waals surface area contributed by atoms with Gasteiger partial charge in [-0.15, -0.1) is 0 Å². The smallest absolute Gasteiger partial charge is 0.406 e. The zero-order chi connectivity index (χ0) is 22.4. The van der Waals surface area contributed by atoms with Crippen LogP contribution in [0.4, 0.5) is 0 Å². The summed E-state index contributed by atoms with van der Waals surface area (Å²) in [6.07, 6.45) is 0.0141. The Morgan fingerprint density at radius 1 is 1.06 bits per heavy atom. The van der Waals surface area contributed by atoms with Gasteiger partial charge in [0.2, 0.25) is 5.52 Å². The largest absolute Gasteiger partial charge is 0.618 e. The lowest BCUT2D eigenvalue weighted by Gasteiger charge is -2.12. The first-order valence-corrected chi connectivity index (χ1v) is 9.52. The zero-order valence-electron chi connectivity index (χ0n) is 17.4. The third kappa shape index (κ3) is 5.00. The van der Waals surface area contributed by atoms with Crippen molar-refractivity contribution in [2.45, 2.75) is 20.0 Å². The fourth-order valence-corrected chi connectivity index (χ4v) is 2.96. The number of ether oxygens (including phenoxy) is 4. The molecule has 0 spiro atoms. The summed E-state index contributed by atoms with van der Waals surface area (Å²) in [7, 11) is 2.71. The molecule has 3 rings (SSSR count). The fraction of sp³-hybridized carbons (Fsp3) is 0.273. The van der Waals surface area contributed by atoms with Crippen molar-refractivity contribution in [1.29, 1.82) is 0 Å². The second-order valence-electron chi connectivity index (χ2n) is 6.46. The van der Waals surface area contributed by atoms with E-state index in [9.17, 15) is 14.8 Å². The minimum Gasteiger partial charge on any atom is -0.618 e. The highest BCUT2D eigenvalue weighted by atomic mass is 16.5. The molecular formula is C22H22N2O7. The molecule has 9 heteroatoms. The Kier molecular flexibility index (Phi) is 6.86. The summed E-state index contributed by atoms with van der Waals surface area (Å²) in [4.78, 5) is 28.8. The van der Waals surface area contributed by atoms with Crippen LogP contribution in [0.3, 0.4) is 0 Å². The number of hydrogen-bond acceptors (Lipinski definition) is 8. The maximum Gasteiger partial charge on any atom is 0.406 e. The lowest BCUT2D eigenvalue weighted by atomic mass is 10.1. The van der Waals surface area contributed by atoms with E-state index in [0.717, 1.165) is 12.7 Å². The number of rotatable bonds is 8. The van der Waals surface area contributed by atoms with Crippen molar-refractivity contribution in [3.05, 3.63) is 64.6 Å². The number of fused-ring (bicyclic) bond motifs is 1. The van der Waals surface area contributed by atoms with Crippen LogP contribution in [0.1, 0.15) is 28.7 Å². The number of carbonyl (C=O) groups is 2. The number of methoxy groups -OCH3 is 2. The molecule has 1 heterocycles. The second kappa shape index (κ2) is 9.75. The number of benzene rings is 2. The van der Waals surface area contributed by atoms with Gasteiger partial charge in [-0.05, 0) is 36.8 Å². The van der Waals surface area contributed by atoms with Gasteiger partial charge in [-0.1, -0.05) is 12.1 Å². The number of carbonyl (C=O) groups excluding carboxylic acids is 2.